The van der Waals surface area contributed by atoms with Gasteiger partial charge in [-0.3, -0.25) is 4.79 Å². The molecule has 3 rings (SSSR count). The Kier molecular flexibility index (Phi) is 4.05. The lowest BCUT2D eigenvalue weighted by Crippen LogP contribution is -2.36. The Hall–Kier alpha value is -1.69. The van der Waals surface area contributed by atoms with Crippen LogP contribution in [0.2, 0.25) is 0 Å². The Morgan fingerprint density at radius 3 is 2.43 bits per heavy atom. The number of carbonyl (C=O) groups excluding carboxylic acids is 1. The highest BCUT2D eigenvalue weighted by Crippen LogP contribution is 2.16. The summed E-state index contributed by atoms with van der Waals surface area (Å²) in [6.45, 7) is 3.48. The molecule has 6 heteroatoms. The highest BCUT2D eigenvalue weighted by molar-refractivity contribution is 9.10. The van der Waals surface area contributed by atoms with Crippen LogP contribution in [-0.4, -0.2) is 38.9 Å². The number of hydrogen-bond donors (Lipinski definition) is 0. The largest absolute Gasteiger partial charge is 0.337 e. The molecule has 110 valence electrons. The third-order valence-electron chi connectivity index (χ3n) is 3.69. The van der Waals surface area contributed by atoms with Gasteiger partial charge in [0.1, 0.15) is 0 Å². The molecule has 0 spiro atoms. The number of rotatable bonds is 2. The summed E-state index contributed by atoms with van der Waals surface area (Å²) in [5.74, 6) is -0.00411. The van der Waals surface area contributed by atoms with Crippen LogP contribution in [0, 0.1) is 6.92 Å². The van der Waals surface area contributed by atoms with E-state index in [4.69, 9.17) is 0 Å². The molecule has 1 amide bonds. The van der Waals surface area contributed by atoms with Crippen molar-refractivity contribution in [3.8, 4) is 5.69 Å². The Morgan fingerprint density at radius 1 is 1.10 bits per heavy atom. The number of likely N-dealkylation sites (tertiary alicyclic amines) is 1. The predicted octanol–water partition coefficient (Wildman–Crippen LogP) is 2.96. The number of benzene rings is 1. The number of aryl methyl sites for hydroxylation is 1. The van der Waals surface area contributed by atoms with E-state index >= 15 is 0 Å². The summed E-state index contributed by atoms with van der Waals surface area (Å²) in [6, 6.07) is 7.69. The minimum absolute atomic E-state index is 0.00411. The topological polar surface area (TPSA) is 51.0 Å². The van der Waals surface area contributed by atoms with Gasteiger partial charge < -0.3 is 4.90 Å². The van der Waals surface area contributed by atoms with Crippen LogP contribution >= 0.6 is 15.9 Å². The summed E-state index contributed by atoms with van der Waals surface area (Å²) in [7, 11) is 0. The van der Waals surface area contributed by atoms with Crippen molar-refractivity contribution in [1.82, 2.24) is 19.9 Å². The molecule has 0 bridgehead atoms. The lowest BCUT2D eigenvalue weighted by molar-refractivity contribution is 0.0717. The first-order valence-corrected chi connectivity index (χ1v) is 7.93. The first-order chi connectivity index (χ1) is 10.1. The summed E-state index contributed by atoms with van der Waals surface area (Å²) in [5.41, 5.74) is 1.98. The van der Waals surface area contributed by atoms with Gasteiger partial charge in [0.05, 0.1) is 11.4 Å². The maximum Gasteiger partial charge on any atom is 0.276 e. The van der Waals surface area contributed by atoms with Crippen LogP contribution in [-0.2, 0) is 0 Å². The van der Waals surface area contributed by atoms with Gasteiger partial charge in [0.25, 0.3) is 5.91 Å². The maximum absolute atomic E-state index is 12.5. The smallest absolute Gasteiger partial charge is 0.276 e. The van der Waals surface area contributed by atoms with Gasteiger partial charge in [-0.1, -0.05) is 15.9 Å². The number of hydrogen-bond acceptors (Lipinski definition) is 3. The van der Waals surface area contributed by atoms with Gasteiger partial charge >= 0.3 is 0 Å². The zero-order chi connectivity index (χ0) is 14.8. The van der Waals surface area contributed by atoms with Crippen LogP contribution in [0.15, 0.2) is 28.7 Å². The van der Waals surface area contributed by atoms with Gasteiger partial charge in [0.2, 0.25) is 0 Å². The van der Waals surface area contributed by atoms with E-state index in [1.807, 2.05) is 36.1 Å². The zero-order valence-corrected chi connectivity index (χ0v) is 13.5. The Morgan fingerprint density at radius 2 is 1.76 bits per heavy atom. The van der Waals surface area contributed by atoms with E-state index in [0.717, 1.165) is 36.1 Å². The van der Waals surface area contributed by atoms with E-state index < -0.39 is 0 Å². The van der Waals surface area contributed by atoms with Gasteiger partial charge in [-0.15, -0.1) is 5.10 Å². The third kappa shape index (κ3) is 3.00. The molecule has 1 aromatic carbocycles. The summed E-state index contributed by atoms with van der Waals surface area (Å²) in [6.07, 6.45) is 3.35. The molecule has 1 aliphatic rings. The van der Waals surface area contributed by atoms with Crippen LogP contribution in [0.25, 0.3) is 5.69 Å². The molecule has 1 aliphatic heterocycles. The fourth-order valence-electron chi connectivity index (χ4n) is 2.51. The molecule has 0 atom stereocenters. The Labute approximate surface area is 132 Å². The van der Waals surface area contributed by atoms with Crippen LogP contribution in [0.4, 0.5) is 0 Å². The normalized spacial score (nSPS) is 15.2. The Balaban J connectivity index is 1.87. The number of amides is 1. The molecular formula is C15H17BrN4O. The minimum Gasteiger partial charge on any atom is -0.337 e. The molecule has 0 aliphatic carbocycles. The van der Waals surface area contributed by atoms with Crippen LogP contribution in [0.3, 0.4) is 0 Å². The first-order valence-electron chi connectivity index (χ1n) is 7.14. The molecule has 0 radical (unpaired) electrons. The van der Waals surface area contributed by atoms with Crippen molar-refractivity contribution >= 4 is 21.8 Å². The minimum atomic E-state index is -0.00411. The highest BCUT2D eigenvalue weighted by Gasteiger charge is 2.23. The van der Waals surface area contributed by atoms with E-state index in [-0.39, 0.29) is 5.91 Å². The van der Waals surface area contributed by atoms with Gasteiger partial charge in [-0.05, 0) is 50.5 Å². The van der Waals surface area contributed by atoms with E-state index in [1.54, 1.807) is 0 Å². The quantitative estimate of drug-likeness (QED) is 0.838. The molecule has 2 heterocycles. The van der Waals surface area contributed by atoms with Gasteiger partial charge in [0.15, 0.2) is 5.69 Å². The number of halogens is 1. The molecule has 5 nitrogen and oxygen atoms in total. The fourth-order valence-corrected chi connectivity index (χ4v) is 2.78. The maximum atomic E-state index is 12.5. The second-order valence-electron chi connectivity index (χ2n) is 5.25. The number of aromatic nitrogens is 3. The summed E-state index contributed by atoms with van der Waals surface area (Å²) in [5, 5.41) is 8.75. The van der Waals surface area contributed by atoms with Crippen LogP contribution in [0.5, 0.6) is 0 Å². The molecule has 21 heavy (non-hydrogen) atoms. The standard InChI is InChI=1S/C15H17BrN4O/c1-11-14(15(21)19-9-3-2-4-10-19)18-20(17-11)13-7-5-12(16)6-8-13/h5-8H,2-4,9-10H2,1H3. The van der Waals surface area contributed by atoms with Crippen LogP contribution < -0.4 is 0 Å². The molecule has 1 saturated heterocycles. The molecule has 0 saturated carbocycles. The lowest BCUT2D eigenvalue weighted by Gasteiger charge is -2.25. The van der Waals surface area contributed by atoms with Crippen molar-refractivity contribution in [2.45, 2.75) is 26.2 Å². The van der Waals surface area contributed by atoms with Crippen molar-refractivity contribution in [2.75, 3.05) is 13.1 Å². The Bertz CT molecular complexity index is 644. The van der Waals surface area contributed by atoms with Crippen molar-refractivity contribution < 1.29 is 4.79 Å². The van der Waals surface area contributed by atoms with Crippen molar-refractivity contribution in [3.63, 3.8) is 0 Å². The monoisotopic (exact) mass is 348 g/mol. The molecule has 0 N–H and O–H groups in total. The molecule has 0 unspecified atom stereocenters. The summed E-state index contributed by atoms with van der Waals surface area (Å²) >= 11 is 3.40. The fraction of sp³-hybridized carbons (Fsp3) is 0.400. The second kappa shape index (κ2) is 5.97. The van der Waals surface area contributed by atoms with Gasteiger partial charge in [0, 0.05) is 17.6 Å². The second-order valence-corrected chi connectivity index (χ2v) is 6.17. The van der Waals surface area contributed by atoms with Gasteiger partial charge in [-0.25, -0.2) is 0 Å². The van der Waals surface area contributed by atoms with E-state index in [2.05, 4.69) is 26.1 Å². The lowest BCUT2D eigenvalue weighted by atomic mass is 10.1. The number of carbonyl (C=O) groups is 1. The van der Waals surface area contributed by atoms with E-state index in [1.165, 1.54) is 11.2 Å². The average molecular weight is 349 g/mol. The SMILES string of the molecule is Cc1nn(-c2ccc(Br)cc2)nc1C(=O)N1CCCCC1. The predicted molar refractivity (Wildman–Crippen MR) is 83.6 cm³/mol. The van der Waals surface area contributed by atoms with Gasteiger partial charge in [-0.2, -0.15) is 9.90 Å². The summed E-state index contributed by atoms with van der Waals surface area (Å²) < 4.78 is 1.000. The molecule has 1 fully saturated rings. The first kappa shape index (κ1) is 14.3. The molecule has 1 aromatic heterocycles. The number of piperidine rings is 1. The van der Waals surface area contributed by atoms with E-state index in [9.17, 15) is 4.79 Å². The highest BCUT2D eigenvalue weighted by atomic mass is 79.9. The summed E-state index contributed by atoms with van der Waals surface area (Å²) in [4.78, 5) is 15.9. The molecular weight excluding hydrogens is 332 g/mol. The van der Waals surface area contributed by atoms with Crippen molar-refractivity contribution in [2.24, 2.45) is 0 Å². The van der Waals surface area contributed by atoms with Crippen molar-refractivity contribution in [1.29, 1.82) is 0 Å². The third-order valence-corrected chi connectivity index (χ3v) is 4.21. The van der Waals surface area contributed by atoms with E-state index in [0.29, 0.717) is 11.4 Å². The number of nitrogens with zero attached hydrogens (tertiary/aromatic N) is 4. The average Bonchev–Trinajstić information content (AvgIpc) is 2.90. The zero-order valence-electron chi connectivity index (χ0n) is 11.9. The molecule has 2 aromatic rings. The van der Waals surface area contributed by atoms with Crippen molar-refractivity contribution in [3.05, 3.63) is 40.1 Å². The van der Waals surface area contributed by atoms with Crippen LogP contribution in [0.1, 0.15) is 35.4 Å².